The minimum Gasteiger partial charge on any atom is -1.00 e. The third-order valence-corrected chi connectivity index (χ3v) is 10.7. The van der Waals surface area contributed by atoms with Crippen molar-refractivity contribution >= 4 is 28.8 Å². The summed E-state index contributed by atoms with van der Waals surface area (Å²) in [5.41, 5.74) is 5.34. The summed E-state index contributed by atoms with van der Waals surface area (Å²) >= 11 is 0. The molecule has 0 fully saturated rings. The fourth-order valence-electron chi connectivity index (χ4n) is 4.53. The smallest absolute Gasteiger partial charge is 1.00 e. The third kappa shape index (κ3) is 5.65. The van der Waals surface area contributed by atoms with Crippen LogP contribution in [0.25, 0.3) is 0 Å². The minimum atomic E-state index is -2.39. The molecule has 0 aromatic heterocycles. The van der Waals surface area contributed by atoms with Crippen LogP contribution in [0.2, 0.25) is 0 Å². The van der Waals surface area contributed by atoms with E-state index >= 15 is 0 Å². The van der Waals surface area contributed by atoms with Gasteiger partial charge in [0.05, 0.1) is 0 Å². The first kappa shape index (κ1) is 30.8. The van der Waals surface area contributed by atoms with E-state index in [9.17, 15) is 0 Å². The van der Waals surface area contributed by atoms with Crippen molar-refractivity contribution in [3.63, 3.8) is 0 Å². The largest absolute Gasteiger partial charge is 4.00 e. The van der Waals surface area contributed by atoms with Crippen molar-refractivity contribution in [1.82, 2.24) is 0 Å². The summed E-state index contributed by atoms with van der Waals surface area (Å²) in [5.74, 6) is 0. The molecule has 0 bridgehead atoms. The van der Waals surface area contributed by atoms with Crippen LogP contribution in [0, 0.1) is 27.7 Å². The van der Waals surface area contributed by atoms with Gasteiger partial charge in [0.2, 0.25) is 0 Å². The summed E-state index contributed by atoms with van der Waals surface area (Å²) in [6.07, 6.45) is 0. The van der Waals surface area contributed by atoms with Gasteiger partial charge in [-0.3, -0.25) is 0 Å². The van der Waals surface area contributed by atoms with Crippen molar-refractivity contribution in [2.24, 2.45) is 0 Å². The van der Waals surface area contributed by atoms with Crippen LogP contribution in [-0.2, 0) is 21.7 Å². The zero-order chi connectivity index (χ0) is 19.7. The number of aryl methyl sites for hydroxylation is 4. The molecule has 0 spiro atoms. The molecule has 4 rings (SSSR count). The van der Waals surface area contributed by atoms with E-state index in [2.05, 4.69) is 119 Å². The second kappa shape index (κ2) is 12.9. The molecule has 0 amide bonds. The summed E-state index contributed by atoms with van der Waals surface area (Å²) in [5, 5.41) is 5.86. The quantitative estimate of drug-likeness (QED) is 0.140. The molecule has 0 saturated carbocycles. The fraction of sp³-hybridized carbons (Fsp3) is 0.148. The van der Waals surface area contributed by atoms with E-state index in [1.807, 2.05) is 0 Å². The second-order valence-electron chi connectivity index (χ2n) is 7.98. The van der Waals surface area contributed by atoms with Gasteiger partial charge in [-0.25, -0.2) is 12.1 Å². The van der Waals surface area contributed by atoms with Gasteiger partial charge in [0.15, 0.2) is 0 Å². The van der Waals surface area contributed by atoms with Gasteiger partial charge in [0.25, 0.3) is 0 Å². The van der Waals surface area contributed by atoms with Crippen molar-refractivity contribution in [3.8, 4) is 0 Å². The van der Waals surface area contributed by atoms with Crippen molar-refractivity contribution < 1.29 is 58.9 Å². The number of rotatable bonds is 4. The van der Waals surface area contributed by atoms with E-state index in [4.69, 9.17) is 0 Å². The predicted octanol–water partition coefficient (Wildman–Crippen LogP) is -4.97. The Morgan fingerprint density at radius 1 is 0.531 bits per heavy atom. The first-order valence-corrected chi connectivity index (χ1v) is 12.0. The summed E-state index contributed by atoms with van der Waals surface area (Å²) in [6.45, 7) is 8.87. The van der Waals surface area contributed by atoms with Gasteiger partial charge in [0, 0.05) is 0 Å². The van der Waals surface area contributed by atoms with E-state index in [0.29, 0.717) is 0 Å². The molecule has 4 aromatic rings. The molecule has 0 nitrogen and oxygen atoms in total. The average Bonchev–Trinajstić information content (AvgIpc) is 3.09. The Labute approximate surface area is 227 Å². The summed E-state index contributed by atoms with van der Waals surface area (Å²) in [7, 11) is -2.39. The third-order valence-electron chi connectivity index (χ3n) is 5.79. The van der Waals surface area contributed by atoms with Gasteiger partial charge in [-0.1, -0.05) is 112 Å². The topological polar surface area (TPSA) is 0 Å². The summed E-state index contributed by atoms with van der Waals surface area (Å²) in [6, 6.07) is 34.3. The van der Waals surface area contributed by atoms with Crippen LogP contribution in [0.1, 0.15) is 22.3 Å². The van der Waals surface area contributed by atoms with Crippen molar-refractivity contribution in [3.05, 3.63) is 113 Å². The number of hydrogen-bond acceptors (Lipinski definition) is 0. The van der Waals surface area contributed by atoms with Crippen LogP contribution in [0.3, 0.4) is 0 Å². The van der Waals surface area contributed by atoms with Gasteiger partial charge in [-0.15, -0.1) is 5.19 Å². The zero-order valence-electron chi connectivity index (χ0n) is 18.8. The molecular formula is C27H27Cl3SiTi. The number of hydrogen-bond donors (Lipinski definition) is 0. The molecule has 0 saturated heterocycles. The van der Waals surface area contributed by atoms with Crippen molar-refractivity contribution in [2.45, 2.75) is 27.7 Å². The van der Waals surface area contributed by atoms with E-state index < -0.39 is 8.07 Å². The van der Waals surface area contributed by atoms with Gasteiger partial charge in [-0.05, 0) is 20.8 Å². The molecular weight excluding hydrogens is 507 g/mol. The maximum Gasteiger partial charge on any atom is 4.00 e. The zero-order valence-corrected chi connectivity index (χ0v) is 23.6. The van der Waals surface area contributed by atoms with Crippen molar-refractivity contribution in [2.75, 3.05) is 0 Å². The van der Waals surface area contributed by atoms with Crippen LogP contribution in [0.5, 0.6) is 0 Å². The normalized spacial score (nSPS) is 10.1. The molecule has 0 aliphatic rings. The molecule has 32 heavy (non-hydrogen) atoms. The number of benzene rings is 3. The molecule has 0 unspecified atom stereocenters. The Morgan fingerprint density at radius 2 is 0.906 bits per heavy atom. The standard InChI is InChI=1S/C27H27Si.3ClH.Ti/c1-20-9-5-13-24(17-20)28(27-16-8-12-23(27)4,25-14-6-10-21(2)18-25)26-15-7-11-22(3)19-26;;;;/h5-19H,1-4H3;3*1H;/q-1;;;;+4/p-3. The van der Waals surface area contributed by atoms with Crippen LogP contribution in [0.15, 0.2) is 91.0 Å². The average molecular weight is 534 g/mol. The van der Waals surface area contributed by atoms with Gasteiger partial charge in [-0.2, -0.15) is 11.6 Å². The molecule has 0 heterocycles. The monoisotopic (exact) mass is 532 g/mol. The van der Waals surface area contributed by atoms with Gasteiger partial charge < -0.3 is 37.2 Å². The molecule has 0 aliphatic carbocycles. The van der Waals surface area contributed by atoms with Crippen LogP contribution < -0.4 is 58.0 Å². The summed E-state index contributed by atoms with van der Waals surface area (Å²) in [4.78, 5) is 0. The Bertz CT molecular complexity index is 1030. The van der Waals surface area contributed by atoms with E-state index in [-0.39, 0.29) is 58.9 Å². The van der Waals surface area contributed by atoms with E-state index in [1.54, 1.807) is 0 Å². The predicted molar refractivity (Wildman–Crippen MR) is 125 cm³/mol. The number of halogens is 3. The fourth-order valence-corrected chi connectivity index (χ4v) is 9.86. The maximum atomic E-state index is 2.41. The Hall–Kier alpha value is -1.19. The molecule has 164 valence electrons. The molecule has 0 atom stereocenters. The first-order chi connectivity index (χ1) is 13.5. The Balaban J connectivity index is 0.00000240. The van der Waals surface area contributed by atoms with E-state index in [0.717, 1.165) is 0 Å². The van der Waals surface area contributed by atoms with Crippen LogP contribution >= 0.6 is 0 Å². The van der Waals surface area contributed by atoms with Crippen molar-refractivity contribution in [1.29, 1.82) is 0 Å². The second-order valence-corrected chi connectivity index (χ2v) is 11.8. The van der Waals surface area contributed by atoms with Gasteiger partial charge in [0.1, 0.15) is 8.07 Å². The molecule has 5 heteroatoms. The Morgan fingerprint density at radius 3 is 1.19 bits per heavy atom. The van der Waals surface area contributed by atoms with Gasteiger partial charge >= 0.3 is 21.7 Å². The summed E-state index contributed by atoms with van der Waals surface area (Å²) < 4.78 is 0. The van der Waals surface area contributed by atoms with E-state index in [1.165, 1.54) is 43.0 Å². The maximum absolute atomic E-state index is 2.41. The molecule has 4 aromatic carbocycles. The van der Waals surface area contributed by atoms with Crippen LogP contribution in [0.4, 0.5) is 0 Å². The molecule has 0 N–H and O–H groups in total. The first-order valence-electron chi connectivity index (χ1n) is 9.96. The van der Waals surface area contributed by atoms with Crippen LogP contribution in [-0.4, -0.2) is 8.07 Å². The minimum absolute atomic E-state index is 0. The SMILES string of the molecule is Cc1cccc([Si](c2cccc(C)c2)(c2cccc(C)c2)[c-]2cccc2C)c1.[Cl-].[Cl-].[Cl-].[Ti+4]. The molecule has 0 radical (unpaired) electrons. The molecule has 0 aliphatic heterocycles. The Kier molecular flexibility index (Phi) is 12.4.